The summed E-state index contributed by atoms with van der Waals surface area (Å²) in [7, 11) is 0. The topological polar surface area (TPSA) is 78.7 Å². The number of aromatic nitrogens is 2. The van der Waals surface area contributed by atoms with E-state index in [1.807, 2.05) is 36.5 Å². The first kappa shape index (κ1) is 16.1. The van der Waals surface area contributed by atoms with Crippen LogP contribution in [0.25, 0.3) is 5.65 Å². The van der Waals surface area contributed by atoms with Gasteiger partial charge < -0.3 is 19.9 Å². The van der Waals surface area contributed by atoms with Gasteiger partial charge in [0.15, 0.2) is 0 Å². The Morgan fingerprint density at radius 3 is 2.35 bits per heavy atom. The molecule has 7 heteroatoms. The van der Waals surface area contributed by atoms with Crippen molar-refractivity contribution in [2.24, 2.45) is 0 Å². The van der Waals surface area contributed by atoms with Crippen molar-refractivity contribution in [1.29, 1.82) is 0 Å². The van der Waals surface area contributed by atoms with Gasteiger partial charge in [-0.05, 0) is 37.1 Å². The quantitative estimate of drug-likeness (QED) is 0.762. The molecule has 0 atom stereocenters. The van der Waals surface area contributed by atoms with E-state index < -0.39 is 0 Å². The molecule has 1 aliphatic heterocycles. The van der Waals surface area contributed by atoms with Crippen molar-refractivity contribution in [3.8, 4) is 0 Å². The Morgan fingerprint density at radius 1 is 0.923 bits per heavy atom. The number of nitrogens with one attached hydrogen (secondary N) is 2. The largest absolute Gasteiger partial charge is 0.325 e. The molecule has 2 N–H and O–H groups in total. The number of anilines is 2. The van der Waals surface area contributed by atoms with Crippen LogP contribution in [0.3, 0.4) is 0 Å². The van der Waals surface area contributed by atoms with Gasteiger partial charge in [-0.1, -0.05) is 18.2 Å². The van der Waals surface area contributed by atoms with Crippen LogP contribution in [0.15, 0.2) is 54.9 Å². The molecule has 0 aliphatic carbocycles. The maximum atomic E-state index is 12.6. The number of urea groups is 1. The number of hydrogen-bond acceptors (Lipinski definition) is 3. The van der Waals surface area contributed by atoms with Gasteiger partial charge in [-0.3, -0.25) is 4.79 Å². The number of para-hydroxylation sites is 2. The number of fused-ring (bicyclic) bond motifs is 1. The van der Waals surface area contributed by atoms with Crippen LogP contribution in [0.2, 0.25) is 0 Å². The minimum Gasteiger partial charge on any atom is -0.325 e. The number of carbonyl (C=O) groups excluding carboxylic acids is 2. The molecule has 132 valence electrons. The molecule has 26 heavy (non-hydrogen) atoms. The van der Waals surface area contributed by atoms with Gasteiger partial charge in [0.25, 0.3) is 5.91 Å². The van der Waals surface area contributed by atoms with Crippen LogP contribution in [-0.4, -0.2) is 39.3 Å². The number of pyridine rings is 1. The Balaban J connectivity index is 1.52. The Bertz CT molecular complexity index is 926. The summed E-state index contributed by atoms with van der Waals surface area (Å²) in [6, 6.07) is 12.6. The zero-order chi connectivity index (χ0) is 17.9. The zero-order valence-corrected chi connectivity index (χ0v) is 14.2. The zero-order valence-electron chi connectivity index (χ0n) is 14.2. The predicted octanol–water partition coefficient (Wildman–Crippen LogP) is 3.21. The van der Waals surface area contributed by atoms with Crippen molar-refractivity contribution in [2.45, 2.75) is 12.8 Å². The standard InChI is InChI=1S/C19H19N5O2/c25-18(16-13-24-12-4-3-9-17(24)20-16)21-14-7-1-2-8-15(14)22-19(26)23-10-5-6-11-23/h1-4,7-9,12-13H,5-6,10-11H2,(H,21,25)(H,22,26). The van der Waals surface area contributed by atoms with E-state index in [4.69, 9.17) is 0 Å². The van der Waals surface area contributed by atoms with E-state index in [1.54, 1.807) is 27.6 Å². The second-order valence-electron chi connectivity index (χ2n) is 6.22. The maximum absolute atomic E-state index is 12.6. The summed E-state index contributed by atoms with van der Waals surface area (Å²) in [4.78, 5) is 31.0. The van der Waals surface area contributed by atoms with E-state index in [0.717, 1.165) is 25.9 Å². The lowest BCUT2D eigenvalue weighted by Gasteiger charge is -2.18. The summed E-state index contributed by atoms with van der Waals surface area (Å²) < 4.78 is 1.79. The molecule has 1 saturated heterocycles. The molecular formula is C19H19N5O2. The number of rotatable bonds is 3. The molecule has 0 radical (unpaired) electrons. The SMILES string of the molecule is O=C(Nc1ccccc1NC(=O)N1CCCC1)c1cn2ccccc2n1. The highest BCUT2D eigenvalue weighted by Gasteiger charge is 2.19. The molecule has 0 saturated carbocycles. The number of nitrogens with zero attached hydrogens (tertiary/aromatic N) is 3. The molecule has 3 amide bonds. The molecule has 2 aromatic heterocycles. The molecule has 3 heterocycles. The molecule has 7 nitrogen and oxygen atoms in total. The van der Waals surface area contributed by atoms with Crippen molar-refractivity contribution >= 4 is 29.0 Å². The summed E-state index contributed by atoms with van der Waals surface area (Å²) >= 11 is 0. The van der Waals surface area contributed by atoms with Gasteiger partial charge in [0.1, 0.15) is 11.3 Å². The van der Waals surface area contributed by atoms with Crippen LogP contribution in [0.1, 0.15) is 23.3 Å². The van der Waals surface area contributed by atoms with Crippen molar-refractivity contribution in [3.63, 3.8) is 0 Å². The van der Waals surface area contributed by atoms with Gasteiger partial charge in [0.05, 0.1) is 11.4 Å². The van der Waals surface area contributed by atoms with Crippen molar-refractivity contribution in [1.82, 2.24) is 14.3 Å². The molecule has 0 unspecified atom stereocenters. The highest BCUT2D eigenvalue weighted by Crippen LogP contribution is 2.23. The Kier molecular flexibility index (Phi) is 4.27. The van der Waals surface area contributed by atoms with Crippen LogP contribution < -0.4 is 10.6 Å². The van der Waals surface area contributed by atoms with Gasteiger partial charge in [-0.2, -0.15) is 0 Å². The molecule has 4 rings (SSSR count). The maximum Gasteiger partial charge on any atom is 0.321 e. The van der Waals surface area contributed by atoms with Gasteiger partial charge >= 0.3 is 6.03 Å². The van der Waals surface area contributed by atoms with Crippen LogP contribution in [0.5, 0.6) is 0 Å². The number of amides is 3. The first-order valence-corrected chi connectivity index (χ1v) is 8.61. The third-order valence-corrected chi connectivity index (χ3v) is 4.41. The minimum absolute atomic E-state index is 0.142. The van der Waals surface area contributed by atoms with E-state index in [1.165, 1.54) is 0 Å². The molecule has 3 aromatic rings. The fourth-order valence-corrected chi connectivity index (χ4v) is 3.05. The molecule has 1 aliphatic rings. The summed E-state index contributed by atoms with van der Waals surface area (Å²) in [6.07, 6.45) is 5.57. The lowest BCUT2D eigenvalue weighted by molar-refractivity contribution is 0.102. The monoisotopic (exact) mass is 349 g/mol. The Hall–Kier alpha value is -3.35. The van der Waals surface area contributed by atoms with E-state index in [9.17, 15) is 9.59 Å². The average molecular weight is 349 g/mol. The number of benzene rings is 1. The first-order valence-electron chi connectivity index (χ1n) is 8.61. The van der Waals surface area contributed by atoms with Crippen molar-refractivity contribution < 1.29 is 9.59 Å². The normalized spacial score (nSPS) is 13.8. The van der Waals surface area contributed by atoms with E-state index in [-0.39, 0.29) is 11.9 Å². The third-order valence-electron chi connectivity index (χ3n) is 4.41. The lowest BCUT2D eigenvalue weighted by Crippen LogP contribution is -2.32. The van der Waals surface area contributed by atoms with Gasteiger partial charge in [0, 0.05) is 25.5 Å². The highest BCUT2D eigenvalue weighted by atomic mass is 16.2. The lowest BCUT2D eigenvalue weighted by atomic mass is 10.2. The second-order valence-corrected chi connectivity index (χ2v) is 6.22. The Labute approximate surface area is 150 Å². The number of hydrogen-bond donors (Lipinski definition) is 2. The van der Waals surface area contributed by atoms with Crippen LogP contribution in [0, 0.1) is 0 Å². The summed E-state index contributed by atoms with van der Waals surface area (Å²) in [6.45, 7) is 1.53. The minimum atomic E-state index is -0.323. The summed E-state index contributed by atoms with van der Waals surface area (Å²) in [5, 5.41) is 5.72. The van der Waals surface area contributed by atoms with Crippen LogP contribution in [-0.2, 0) is 0 Å². The van der Waals surface area contributed by atoms with Gasteiger partial charge in [0.2, 0.25) is 0 Å². The number of imidazole rings is 1. The molecule has 0 spiro atoms. The molecule has 1 fully saturated rings. The first-order chi connectivity index (χ1) is 12.7. The predicted molar refractivity (Wildman–Crippen MR) is 99.4 cm³/mol. The van der Waals surface area contributed by atoms with Crippen LogP contribution >= 0.6 is 0 Å². The average Bonchev–Trinajstić information content (AvgIpc) is 3.33. The van der Waals surface area contributed by atoms with E-state index in [2.05, 4.69) is 15.6 Å². The smallest absolute Gasteiger partial charge is 0.321 e. The summed E-state index contributed by atoms with van der Waals surface area (Å²) in [5.41, 5.74) is 2.13. The fraction of sp³-hybridized carbons (Fsp3) is 0.211. The fourth-order valence-electron chi connectivity index (χ4n) is 3.05. The van der Waals surface area contributed by atoms with E-state index >= 15 is 0 Å². The highest BCUT2D eigenvalue weighted by molar-refractivity contribution is 6.06. The Morgan fingerprint density at radius 2 is 1.62 bits per heavy atom. The molecule has 1 aromatic carbocycles. The van der Waals surface area contributed by atoms with Crippen molar-refractivity contribution in [3.05, 3.63) is 60.6 Å². The second kappa shape index (κ2) is 6.87. The van der Waals surface area contributed by atoms with Gasteiger partial charge in [-0.25, -0.2) is 9.78 Å². The van der Waals surface area contributed by atoms with Gasteiger partial charge in [-0.15, -0.1) is 0 Å². The number of carbonyl (C=O) groups is 2. The molecular weight excluding hydrogens is 330 g/mol. The van der Waals surface area contributed by atoms with E-state index in [0.29, 0.717) is 22.7 Å². The number of likely N-dealkylation sites (tertiary alicyclic amines) is 1. The van der Waals surface area contributed by atoms with Crippen molar-refractivity contribution in [2.75, 3.05) is 23.7 Å². The van der Waals surface area contributed by atoms with Crippen LogP contribution in [0.4, 0.5) is 16.2 Å². The molecule has 0 bridgehead atoms. The third kappa shape index (κ3) is 3.23. The summed E-state index contributed by atoms with van der Waals surface area (Å²) in [5.74, 6) is -0.323.